The summed E-state index contributed by atoms with van der Waals surface area (Å²) in [5.74, 6) is -1.31. The number of carbonyl (C=O) groups excluding carboxylic acids is 1. The van der Waals surface area contributed by atoms with Gasteiger partial charge in [0.15, 0.2) is 0 Å². The molecule has 0 aliphatic rings. The van der Waals surface area contributed by atoms with E-state index in [0.29, 0.717) is 18.8 Å². The molecule has 0 spiro atoms. The third-order valence-electron chi connectivity index (χ3n) is 4.00. The van der Waals surface area contributed by atoms with E-state index in [1.54, 1.807) is 0 Å². The van der Waals surface area contributed by atoms with Gasteiger partial charge in [0.2, 0.25) is 5.91 Å². The summed E-state index contributed by atoms with van der Waals surface area (Å²) in [6.07, 6.45) is 3.82. The molecule has 134 valence electrons. The number of anilines is 1. The van der Waals surface area contributed by atoms with Crippen LogP contribution in [0.2, 0.25) is 0 Å². The zero-order valence-electron chi connectivity index (χ0n) is 14.6. The molecule has 6 heteroatoms. The number of benzene rings is 1. The van der Waals surface area contributed by atoms with E-state index in [2.05, 4.69) is 10.6 Å². The van der Waals surface area contributed by atoms with Crippen molar-refractivity contribution in [2.45, 2.75) is 52.0 Å². The van der Waals surface area contributed by atoms with Crippen LogP contribution in [0.1, 0.15) is 43.2 Å². The summed E-state index contributed by atoms with van der Waals surface area (Å²) >= 11 is 0. The number of carboxylic acid groups (broad SMARTS) is 1. The Morgan fingerprint density at radius 2 is 1.83 bits per heavy atom. The Kier molecular flexibility index (Phi) is 9.04. The molecule has 5 N–H and O–H groups in total. The van der Waals surface area contributed by atoms with Gasteiger partial charge in [-0.05, 0) is 63.0 Å². The quantitative estimate of drug-likeness (QED) is 0.464. The SMILES string of the molecule is Cc1ccc(NC(=O)C[C@@H](NCCCCCCN)C(=O)O)cc1C. The van der Waals surface area contributed by atoms with E-state index in [9.17, 15) is 14.7 Å². The Balaban J connectivity index is 2.41. The molecule has 1 atom stereocenters. The number of rotatable bonds is 11. The lowest BCUT2D eigenvalue weighted by molar-refractivity contribution is -0.141. The van der Waals surface area contributed by atoms with Crippen LogP contribution in [-0.2, 0) is 9.59 Å². The van der Waals surface area contributed by atoms with E-state index in [0.717, 1.165) is 36.8 Å². The molecule has 0 aliphatic heterocycles. The highest BCUT2D eigenvalue weighted by molar-refractivity contribution is 5.94. The van der Waals surface area contributed by atoms with E-state index in [1.807, 2.05) is 32.0 Å². The monoisotopic (exact) mass is 335 g/mol. The number of hydrogen-bond donors (Lipinski definition) is 4. The van der Waals surface area contributed by atoms with Gasteiger partial charge in [0, 0.05) is 5.69 Å². The average Bonchev–Trinajstić information content (AvgIpc) is 2.53. The molecular weight excluding hydrogens is 306 g/mol. The van der Waals surface area contributed by atoms with E-state index in [-0.39, 0.29) is 12.3 Å². The second-order valence-electron chi connectivity index (χ2n) is 6.10. The van der Waals surface area contributed by atoms with Crippen LogP contribution < -0.4 is 16.4 Å². The predicted octanol–water partition coefficient (Wildman–Crippen LogP) is 2.19. The van der Waals surface area contributed by atoms with Crippen LogP contribution in [0.25, 0.3) is 0 Å². The van der Waals surface area contributed by atoms with Crippen molar-refractivity contribution in [1.82, 2.24) is 5.32 Å². The first kappa shape index (κ1) is 20.1. The highest BCUT2D eigenvalue weighted by Crippen LogP contribution is 2.14. The zero-order chi connectivity index (χ0) is 17.9. The minimum Gasteiger partial charge on any atom is -0.480 e. The molecule has 0 unspecified atom stereocenters. The van der Waals surface area contributed by atoms with E-state index in [1.165, 1.54) is 0 Å². The van der Waals surface area contributed by atoms with Gasteiger partial charge in [-0.1, -0.05) is 18.9 Å². The first-order chi connectivity index (χ1) is 11.4. The highest BCUT2D eigenvalue weighted by Gasteiger charge is 2.20. The second kappa shape index (κ2) is 10.8. The Morgan fingerprint density at radius 1 is 1.12 bits per heavy atom. The van der Waals surface area contributed by atoms with Crippen LogP contribution in [0, 0.1) is 13.8 Å². The van der Waals surface area contributed by atoms with Crippen molar-refractivity contribution in [3.63, 3.8) is 0 Å². The van der Waals surface area contributed by atoms with Crippen molar-refractivity contribution < 1.29 is 14.7 Å². The summed E-state index contributed by atoms with van der Waals surface area (Å²) in [7, 11) is 0. The lowest BCUT2D eigenvalue weighted by Gasteiger charge is -2.15. The number of carbonyl (C=O) groups is 2. The molecule has 0 saturated carbocycles. The molecule has 0 bridgehead atoms. The smallest absolute Gasteiger partial charge is 0.321 e. The first-order valence-electron chi connectivity index (χ1n) is 8.47. The first-order valence-corrected chi connectivity index (χ1v) is 8.47. The Morgan fingerprint density at radius 3 is 2.46 bits per heavy atom. The van der Waals surface area contributed by atoms with Crippen LogP contribution in [-0.4, -0.2) is 36.1 Å². The van der Waals surface area contributed by atoms with Crippen LogP contribution >= 0.6 is 0 Å². The van der Waals surface area contributed by atoms with Gasteiger partial charge in [-0.15, -0.1) is 0 Å². The van der Waals surface area contributed by atoms with Crippen molar-refractivity contribution in [1.29, 1.82) is 0 Å². The molecule has 0 heterocycles. The normalized spacial score (nSPS) is 12.0. The molecule has 1 rings (SSSR count). The number of aliphatic carboxylic acids is 1. The second-order valence-corrected chi connectivity index (χ2v) is 6.10. The zero-order valence-corrected chi connectivity index (χ0v) is 14.6. The lowest BCUT2D eigenvalue weighted by Crippen LogP contribution is -2.40. The van der Waals surface area contributed by atoms with Gasteiger partial charge in [-0.3, -0.25) is 9.59 Å². The molecular formula is C18H29N3O3. The molecule has 1 aromatic carbocycles. The summed E-state index contributed by atoms with van der Waals surface area (Å²) in [5.41, 5.74) is 8.35. The standard InChI is InChI=1S/C18H29N3O3/c1-13-7-8-15(11-14(13)2)21-17(22)12-16(18(23)24)20-10-6-4-3-5-9-19/h7-8,11,16,20H,3-6,9-10,12,19H2,1-2H3,(H,21,22)(H,23,24)/t16-/m1/s1. The predicted molar refractivity (Wildman–Crippen MR) is 96.1 cm³/mol. The summed E-state index contributed by atoms with van der Waals surface area (Å²) in [5, 5.41) is 14.9. The number of amides is 1. The number of aryl methyl sites for hydroxylation is 2. The third kappa shape index (κ3) is 7.57. The number of nitrogens with one attached hydrogen (secondary N) is 2. The minimum atomic E-state index is -1.01. The van der Waals surface area contributed by atoms with Crippen molar-refractivity contribution in [2.24, 2.45) is 5.73 Å². The van der Waals surface area contributed by atoms with Crippen molar-refractivity contribution in [2.75, 3.05) is 18.4 Å². The number of unbranched alkanes of at least 4 members (excludes halogenated alkanes) is 3. The molecule has 0 aromatic heterocycles. The van der Waals surface area contributed by atoms with Gasteiger partial charge in [-0.2, -0.15) is 0 Å². The van der Waals surface area contributed by atoms with Gasteiger partial charge in [-0.25, -0.2) is 0 Å². The van der Waals surface area contributed by atoms with Crippen LogP contribution in [0.3, 0.4) is 0 Å². The van der Waals surface area contributed by atoms with Crippen LogP contribution in [0.15, 0.2) is 18.2 Å². The Bertz CT molecular complexity index is 546. The molecule has 0 saturated heterocycles. The molecule has 24 heavy (non-hydrogen) atoms. The molecule has 1 aromatic rings. The minimum absolute atomic E-state index is 0.0922. The maximum absolute atomic E-state index is 12.1. The largest absolute Gasteiger partial charge is 0.480 e. The highest BCUT2D eigenvalue weighted by atomic mass is 16.4. The van der Waals surface area contributed by atoms with Gasteiger partial charge < -0.3 is 21.5 Å². The van der Waals surface area contributed by atoms with Crippen LogP contribution in [0.4, 0.5) is 5.69 Å². The van der Waals surface area contributed by atoms with Crippen molar-refractivity contribution in [3.05, 3.63) is 29.3 Å². The topological polar surface area (TPSA) is 104 Å². The van der Waals surface area contributed by atoms with Gasteiger partial charge in [0.1, 0.15) is 6.04 Å². The van der Waals surface area contributed by atoms with Gasteiger partial charge in [0.05, 0.1) is 6.42 Å². The van der Waals surface area contributed by atoms with E-state index in [4.69, 9.17) is 5.73 Å². The van der Waals surface area contributed by atoms with Crippen molar-refractivity contribution in [3.8, 4) is 0 Å². The molecule has 0 radical (unpaired) electrons. The fourth-order valence-corrected chi connectivity index (χ4v) is 2.36. The van der Waals surface area contributed by atoms with Crippen molar-refractivity contribution >= 4 is 17.6 Å². The summed E-state index contributed by atoms with van der Waals surface area (Å²) < 4.78 is 0. The van der Waals surface area contributed by atoms with E-state index < -0.39 is 12.0 Å². The average molecular weight is 335 g/mol. The molecule has 1 amide bonds. The maximum Gasteiger partial charge on any atom is 0.321 e. The van der Waals surface area contributed by atoms with Crippen LogP contribution in [0.5, 0.6) is 0 Å². The molecule has 0 fully saturated rings. The Hall–Kier alpha value is -1.92. The summed E-state index contributed by atoms with van der Waals surface area (Å²) in [4.78, 5) is 23.4. The fourth-order valence-electron chi connectivity index (χ4n) is 2.36. The summed E-state index contributed by atoms with van der Waals surface area (Å²) in [6.45, 7) is 5.23. The lowest BCUT2D eigenvalue weighted by atomic mass is 10.1. The van der Waals surface area contributed by atoms with Gasteiger partial charge >= 0.3 is 5.97 Å². The Labute approximate surface area is 143 Å². The number of carboxylic acids is 1. The third-order valence-corrected chi connectivity index (χ3v) is 4.00. The fraction of sp³-hybridized carbons (Fsp3) is 0.556. The number of hydrogen-bond acceptors (Lipinski definition) is 4. The number of nitrogens with two attached hydrogens (primary N) is 1. The summed E-state index contributed by atoms with van der Waals surface area (Å²) in [6, 6.07) is 4.76. The van der Waals surface area contributed by atoms with Gasteiger partial charge in [0.25, 0.3) is 0 Å². The maximum atomic E-state index is 12.1. The molecule has 0 aliphatic carbocycles. The molecule has 6 nitrogen and oxygen atoms in total. The van der Waals surface area contributed by atoms with E-state index >= 15 is 0 Å².